The third-order valence-corrected chi connectivity index (χ3v) is 10.1. The number of benzene rings is 4. The molecule has 0 aromatic heterocycles. The molecule has 49 heavy (non-hydrogen) atoms. The number of amides is 2. The van der Waals surface area contributed by atoms with Crippen LogP contribution >= 0.6 is 23.2 Å². The minimum atomic E-state index is -4.46. The molecule has 0 saturated heterocycles. The van der Waals surface area contributed by atoms with Gasteiger partial charge in [-0.3, -0.25) is 13.9 Å². The Kier molecular flexibility index (Phi) is 11.1. The van der Waals surface area contributed by atoms with Gasteiger partial charge in [-0.05, 0) is 80.4 Å². The van der Waals surface area contributed by atoms with E-state index in [1.807, 2.05) is 51.1 Å². The van der Waals surface area contributed by atoms with Gasteiger partial charge in [-0.1, -0.05) is 59.6 Å². The summed E-state index contributed by atoms with van der Waals surface area (Å²) >= 11 is 12.5. The molecule has 258 valence electrons. The summed E-state index contributed by atoms with van der Waals surface area (Å²) in [5.74, 6) is -1.10. The van der Waals surface area contributed by atoms with Crippen molar-refractivity contribution in [3.05, 3.63) is 118 Å². The standard InChI is InChI=1S/C36H36Cl2FN3O6S/c1-36(2,3)40-35(44)31(20-24-7-5-4-6-8-24)41(22-25-9-15-29(37)30(38)19-25)34(43)23-42(27-12-10-26(39)11-13-27)49(45,46)28-14-16-32-33(21-28)48-18-17-47-32/h4-16,19,21,31H,17-18,20,22-23H2,1-3H3,(H,40,44). The van der Waals surface area contributed by atoms with E-state index in [-0.39, 0.29) is 40.9 Å². The van der Waals surface area contributed by atoms with Gasteiger partial charge >= 0.3 is 0 Å². The molecule has 0 aliphatic carbocycles. The summed E-state index contributed by atoms with van der Waals surface area (Å²) in [5, 5.41) is 3.54. The molecule has 4 aromatic rings. The van der Waals surface area contributed by atoms with E-state index in [4.69, 9.17) is 32.7 Å². The number of carbonyl (C=O) groups is 2. The van der Waals surface area contributed by atoms with Crippen molar-refractivity contribution in [2.24, 2.45) is 0 Å². The van der Waals surface area contributed by atoms with Crippen LogP contribution in [0.25, 0.3) is 0 Å². The number of halogens is 3. The van der Waals surface area contributed by atoms with Crippen molar-refractivity contribution in [1.29, 1.82) is 0 Å². The summed E-state index contributed by atoms with van der Waals surface area (Å²) < 4.78 is 54.8. The number of ether oxygens (including phenoxy) is 2. The van der Waals surface area contributed by atoms with Crippen LogP contribution in [0.2, 0.25) is 10.0 Å². The Morgan fingerprint density at radius 1 is 0.857 bits per heavy atom. The van der Waals surface area contributed by atoms with Crippen LogP contribution in [0, 0.1) is 5.82 Å². The summed E-state index contributed by atoms with van der Waals surface area (Å²) in [6.45, 7) is 5.20. The Morgan fingerprint density at radius 3 is 2.18 bits per heavy atom. The highest BCUT2D eigenvalue weighted by molar-refractivity contribution is 7.92. The van der Waals surface area contributed by atoms with Gasteiger partial charge in [-0.2, -0.15) is 0 Å². The lowest BCUT2D eigenvalue weighted by Crippen LogP contribution is -2.56. The monoisotopic (exact) mass is 727 g/mol. The normalized spacial score (nSPS) is 13.3. The largest absolute Gasteiger partial charge is 0.486 e. The van der Waals surface area contributed by atoms with Gasteiger partial charge < -0.3 is 19.7 Å². The topological polar surface area (TPSA) is 105 Å². The predicted octanol–water partition coefficient (Wildman–Crippen LogP) is 6.65. The fraction of sp³-hybridized carbons (Fsp3) is 0.278. The van der Waals surface area contributed by atoms with Crippen molar-refractivity contribution in [1.82, 2.24) is 10.2 Å². The third-order valence-electron chi connectivity index (χ3n) is 7.60. The van der Waals surface area contributed by atoms with Gasteiger partial charge in [0.25, 0.3) is 10.0 Å². The molecule has 1 atom stereocenters. The van der Waals surface area contributed by atoms with Crippen LogP contribution in [0.15, 0.2) is 95.9 Å². The van der Waals surface area contributed by atoms with Gasteiger partial charge in [0.1, 0.15) is 31.6 Å². The molecule has 1 N–H and O–H groups in total. The smallest absolute Gasteiger partial charge is 0.264 e. The Labute approximate surface area is 295 Å². The third kappa shape index (κ3) is 9.03. The molecule has 1 aliphatic rings. The molecule has 9 nitrogen and oxygen atoms in total. The first kappa shape index (κ1) is 36.0. The Hall–Kier alpha value is -4.32. The average molecular weight is 729 g/mol. The lowest BCUT2D eigenvalue weighted by Gasteiger charge is -2.35. The molecule has 2 amide bonds. The summed E-state index contributed by atoms with van der Waals surface area (Å²) in [6, 6.07) is 21.9. The van der Waals surface area contributed by atoms with E-state index in [9.17, 15) is 22.4 Å². The molecule has 0 spiro atoms. The van der Waals surface area contributed by atoms with Crippen LogP contribution in [-0.2, 0) is 32.6 Å². The molecular weight excluding hydrogens is 692 g/mol. The van der Waals surface area contributed by atoms with E-state index < -0.39 is 45.8 Å². The first-order chi connectivity index (χ1) is 23.2. The summed E-state index contributed by atoms with van der Waals surface area (Å²) in [6.07, 6.45) is 0.126. The van der Waals surface area contributed by atoms with Crippen molar-refractivity contribution in [3.8, 4) is 11.5 Å². The molecule has 4 aromatic carbocycles. The number of hydrogen-bond acceptors (Lipinski definition) is 6. The van der Waals surface area contributed by atoms with Gasteiger partial charge in [0, 0.05) is 24.6 Å². The molecule has 0 fully saturated rings. The number of hydrogen-bond donors (Lipinski definition) is 1. The zero-order chi connectivity index (χ0) is 35.3. The van der Waals surface area contributed by atoms with Crippen molar-refractivity contribution < 1.29 is 31.9 Å². The average Bonchev–Trinajstić information content (AvgIpc) is 3.06. The second-order valence-electron chi connectivity index (χ2n) is 12.5. The maximum absolute atomic E-state index is 14.6. The highest BCUT2D eigenvalue weighted by Crippen LogP contribution is 2.34. The van der Waals surface area contributed by atoms with Crippen LogP contribution in [0.5, 0.6) is 11.5 Å². The SMILES string of the molecule is CC(C)(C)NC(=O)C(Cc1ccccc1)N(Cc1ccc(Cl)c(Cl)c1)C(=O)CN(c1ccc(F)cc1)S(=O)(=O)c1ccc2c(c1)OCCO2. The van der Waals surface area contributed by atoms with E-state index in [1.54, 1.807) is 18.2 Å². The van der Waals surface area contributed by atoms with Crippen LogP contribution in [0.4, 0.5) is 10.1 Å². The summed E-state index contributed by atoms with van der Waals surface area (Å²) in [5.41, 5.74) is 0.736. The van der Waals surface area contributed by atoms with E-state index >= 15 is 0 Å². The maximum atomic E-state index is 14.6. The molecule has 5 rings (SSSR count). The number of nitrogens with zero attached hydrogens (tertiary/aromatic N) is 2. The minimum Gasteiger partial charge on any atom is -0.486 e. The van der Waals surface area contributed by atoms with E-state index in [2.05, 4.69) is 5.32 Å². The maximum Gasteiger partial charge on any atom is 0.264 e. The number of sulfonamides is 1. The first-order valence-corrected chi connectivity index (χ1v) is 17.7. The lowest BCUT2D eigenvalue weighted by molar-refractivity contribution is -0.140. The van der Waals surface area contributed by atoms with Crippen molar-refractivity contribution >= 4 is 50.7 Å². The molecule has 13 heteroatoms. The minimum absolute atomic E-state index is 0.0397. The first-order valence-electron chi connectivity index (χ1n) is 15.5. The quantitative estimate of drug-likeness (QED) is 0.186. The van der Waals surface area contributed by atoms with Crippen LogP contribution in [0.1, 0.15) is 31.9 Å². The van der Waals surface area contributed by atoms with E-state index in [0.717, 1.165) is 22.0 Å². The Bertz CT molecular complexity index is 1920. The molecule has 0 bridgehead atoms. The van der Waals surface area contributed by atoms with Gasteiger partial charge in [-0.15, -0.1) is 0 Å². The second-order valence-corrected chi connectivity index (χ2v) is 15.2. The van der Waals surface area contributed by atoms with Crippen molar-refractivity contribution in [3.63, 3.8) is 0 Å². The molecule has 1 aliphatic heterocycles. The van der Waals surface area contributed by atoms with Crippen molar-refractivity contribution in [2.75, 3.05) is 24.1 Å². The second kappa shape index (κ2) is 15.1. The highest BCUT2D eigenvalue weighted by atomic mass is 35.5. The van der Waals surface area contributed by atoms with Crippen LogP contribution in [0.3, 0.4) is 0 Å². The van der Waals surface area contributed by atoms with Gasteiger partial charge in [0.2, 0.25) is 11.8 Å². The van der Waals surface area contributed by atoms with Gasteiger partial charge in [0.15, 0.2) is 11.5 Å². The van der Waals surface area contributed by atoms with Crippen LogP contribution in [-0.4, -0.2) is 56.5 Å². The molecule has 0 radical (unpaired) electrons. The number of fused-ring (bicyclic) bond motifs is 1. The summed E-state index contributed by atoms with van der Waals surface area (Å²) in [4.78, 5) is 29.8. The Balaban J connectivity index is 1.59. The number of rotatable bonds is 11. The predicted molar refractivity (Wildman–Crippen MR) is 187 cm³/mol. The zero-order valence-corrected chi connectivity index (χ0v) is 29.5. The fourth-order valence-electron chi connectivity index (χ4n) is 5.29. The molecular formula is C36H36Cl2FN3O6S. The fourth-order valence-corrected chi connectivity index (χ4v) is 7.04. The zero-order valence-electron chi connectivity index (χ0n) is 27.2. The lowest BCUT2D eigenvalue weighted by atomic mass is 10.0. The number of nitrogens with one attached hydrogen (secondary N) is 1. The number of anilines is 1. The molecule has 1 heterocycles. The molecule has 0 saturated carbocycles. The number of carbonyl (C=O) groups excluding carboxylic acids is 2. The highest BCUT2D eigenvalue weighted by Gasteiger charge is 2.36. The van der Waals surface area contributed by atoms with Gasteiger partial charge in [-0.25, -0.2) is 12.8 Å². The molecule has 1 unspecified atom stereocenters. The van der Waals surface area contributed by atoms with E-state index in [1.165, 1.54) is 35.2 Å². The van der Waals surface area contributed by atoms with E-state index in [0.29, 0.717) is 22.9 Å². The summed E-state index contributed by atoms with van der Waals surface area (Å²) in [7, 11) is -4.46. The van der Waals surface area contributed by atoms with Crippen molar-refractivity contribution in [2.45, 2.75) is 50.2 Å². The van der Waals surface area contributed by atoms with Gasteiger partial charge in [0.05, 0.1) is 20.6 Å². The Morgan fingerprint density at radius 2 is 1.53 bits per heavy atom. The van der Waals surface area contributed by atoms with Crippen LogP contribution < -0.4 is 19.1 Å².